The molecule has 10 heteroatoms. The van der Waals surface area contributed by atoms with Crippen molar-refractivity contribution < 1.29 is 22.4 Å². The van der Waals surface area contributed by atoms with Crippen molar-refractivity contribution in [1.82, 2.24) is 14.2 Å². The SMILES string of the molecule is CN(C)S(=O)(=O)c1ccc2oc(SCN3C(=O)c4ccccc4C3=O)nc2c1. The maximum atomic E-state index is 12.4. The van der Waals surface area contributed by atoms with Crippen molar-refractivity contribution in [2.75, 3.05) is 20.0 Å². The molecule has 8 nitrogen and oxygen atoms in total. The van der Waals surface area contributed by atoms with Crippen molar-refractivity contribution in [1.29, 1.82) is 0 Å². The molecule has 2 amide bonds. The van der Waals surface area contributed by atoms with E-state index in [1.807, 2.05) is 0 Å². The molecule has 0 atom stereocenters. The standard InChI is InChI=1S/C18H15N3O5S2/c1-20(2)28(24,25)11-7-8-15-14(9-11)19-18(26-15)27-10-21-16(22)12-5-3-4-6-13(12)17(21)23/h3-9H,10H2,1-2H3. The van der Waals surface area contributed by atoms with Gasteiger partial charge in [0.15, 0.2) is 5.58 Å². The predicted molar refractivity (Wildman–Crippen MR) is 103 cm³/mol. The van der Waals surface area contributed by atoms with E-state index in [0.29, 0.717) is 22.2 Å². The Morgan fingerprint density at radius 3 is 2.32 bits per heavy atom. The lowest BCUT2D eigenvalue weighted by molar-refractivity contribution is 0.0684. The lowest BCUT2D eigenvalue weighted by Gasteiger charge is -2.11. The van der Waals surface area contributed by atoms with Gasteiger partial charge >= 0.3 is 0 Å². The third-order valence-corrected chi connectivity index (χ3v) is 6.93. The topological polar surface area (TPSA) is 101 Å². The Morgan fingerprint density at radius 2 is 1.71 bits per heavy atom. The van der Waals surface area contributed by atoms with Gasteiger partial charge < -0.3 is 4.42 Å². The number of rotatable bonds is 5. The predicted octanol–water partition coefficient (Wildman–Crippen LogP) is 2.42. The van der Waals surface area contributed by atoms with E-state index in [0.717, 1.165) is 21.0 Å². The number of fused-ring (bicyclic) bond motifs is 2. The smallest absolute Gasteiger partial charge is 0.262 e. The van der Waals surface area contributed by atoms with Crippen LogP contribution < -0.4 is 0 Å². The van der Waals surface area contributed by atoms with Crippen molar-refractivity contribution in [3.05, 3.63) is 53.6 Å². The van der Waals surface area contributed by atoms with Crippen molar-refractivity contribution in [2.45, 2.75) is 10.1 Å². The van der Waals surface area contributed by atoms with E-state index < -0.39 is 10.0 Å². The molecule has 0 saturated heterocycles. The quantitative estimate of drug-likeness (QED) is 0.464. The van der Waals surface area contributed by atoms with Gasteiger partial charge in [-0.25, -0.2) is 17.7 Å². The van der Waals surface area contributed by atoms with Gasteiger partial charge in [0.2, 0.25) is 10.0 Å². The van der Waals surface area contributed by atoms with Crippen molar-refractivity contribution in [2.24, 2.45) is 0 Å². The molecule has 0 unspecified atom stereocenters. The van der Waals surface area contributed by atoms with E-state index in [4.69, 9.17) is 4.42 Å². The summed E-state index contributed by atoms with van der Waals surface area (Å²) in [6.45, 7) is 0. The summed E-state index contributed by atoms with van der Waals surface area (Å²) in [7, 11) is -0.682. The van der Waals surface area contributed by atoms with Crippen LogP contribution in [0.5, 0.6) is 0 Å². The van der Waals surface area contributed by atoms with Gasteiger partial charge in [0, 0.05) is 14.1 Å². The molecule has 2 heterocycles. The molecule has 1 aliphatic heterocycles. The molecule has 3 aromatic rings. The lowest BCUT2D eigenvalue weighted by atomic mass is 10.1. The highest BCUT2D eigenvalue weighted by Gasteiger charge is 2.35. The average molecular weight is 417 g/mol. The van der Waals surface area contributed by atoms with Crippen LogP contribution in [-0.4, -0.2) is 54.4 Å². The second kappa shape index (κ2) is 6.73. The Hall–Kier alpha value is -2.69. The Bertz CT molecular complexity index is 1180. The van der Waals surface area contributed by atoms with Crippen molar-refractivity contribution in [3.8, 4) is 0 Å². The number of benzene rings is 2. The van der Waals surface area contributed by atoms with Crippen LogP contribution in [0.1, 0.15) is 20.7 Å². The summed E-state index contributed by atoms with van der Waals surface area (Å²) in [5.74, 6) is -0.672. The van der Waals surface area contributed by atoms with E-state index in [2.05, 4.69) is 4.98 Å². The van der Waals surface area contributed by atoms with Gasteiger partial charge in [-0.05, 0) is 42.1 Å². The number of thioether (sulfide) groups is 1. The molecule has 144 valence electrons. The van der Waals surface area contributed by atoms with Crippen molar-refractivity contribution in [3.63, 3.8) is 0 Å². The summed E-state index contributed by atoms with van der Waals surface area (Å²) in [5, 5.41) is 0.242. The van der Waals surface area contributed by atoms with Gasteiger partial charge in [-0.1, -0.05) is 12.1 Å². The summed E-state index contributed by atoms with van der Waals surface area (Å²) in [4.78, 5) is 30.3. The van der Waals surface area contributed by atoms with Gasteiger partial charge in [-0.15, -0.1) is 0 Å². The first-order valence-corrected chi connectivity index (χ1v) is 10.6. The first kappa shape index (κ1) is 18.7. The molecule has 2 aromatic carbocycles. The van der Waals surface area contributed by atoms with Crippen molar-refractivity contribution >= 4 is 44.7 Å². The summed E-state index contributed by atoms with van der Waals surface area (Å²) in [6, 6.07) is 11.1. The maximum Gasteiger partial charge on any atom is 0.262 e. The third-order valence-electron chi connectivity index (χ3n) is 4.31. The van der Waals surface area contributed by atoms with E-state index in [9.17, 15) is 18.0 Å². The van der Waals surface area contributed by atoms with E-state index in [1.165, 1.54) is 32.3 Å². The summed E-state index contributed by atoms with van der Waals surface area (Å²) in [5.41, 5.74) is 1.56. The first-order valence-electron chi connectivity index (χ1n) is 8.20. The minimum atomic E-state index is -3.58. The largest absolute Gasteiger partial charge is 0.431 e. The second-order valence-corrected chi connectivity index (χ2v) is 9.30. The van der Waals surface area contributed by atoms with Gasteiger partial charge in [0.05, 0.1) is 21.9 Å². The number of hydrogen-bond acceptors (Lipinski definition) is 7. The van der Waals surface area contributed by atoms with Gasteiger partial charge in [-0.2, -0.15) is 0 Å². The zero-order valence-corrected chi connectivity index (χ0v) is 16.6. The molecule has 0 spiro atoms. The molecule has 4 rings (SSSR count). The van der Waals surface area contributed by atoms with Crippen LogP contribution >= 0.6 is 11.8 Å². The minimum absolute atomic E-state index is 0.0437. The molecular weight excluding hydrogens is 402 g/mol. The first-order chi connectivity index (χ1) is 13.3. The molecule has 0 aliphatic carbocycles. The second-order valence-electron chi connectivity index (χ2n) is 6.25. The normalized spacial score (nSPS) is 14.3. The van der Waals surface area contributed by atoms with Gasteiger partial charge in [0.1, 0.15) is 5.52 Å². The van der Waals surface area contributed by atoms with E-state index >= 15 is 0 Å². The van der Waals surface area contributed by atoms with Gasteiger partial charge in [0.25, 0.3) is 17.0 Å². The summed E-state index contributed by atoms with van der Waals surface area (Å²) >= 11 is 1.09. The molecule has 0 N–H and O–H groups in total. The van der Waals surface area contributed by atoms with Gasteiger partial charge in [-0.3, -0.25) is 14.5 Å². The molecule has 1 aromatic heterocycles. The van der Waals surface area contributed by atoms with Crippen LogP contribution in [0.4, 0.5) is 0 Å². The highest BCUT2D eigenvalue weighted by molar-refractivity contribution is 7.99. The molecular formula is C18H15N3O5S2. The lowest BCUT2D eigenvalue weighted by Crippen LogP contribution is -2.29. The number of oxazole rings is 1. The molecule has 0 radical (unpaired) electrons. The molecule has 1 aliphatic rings. The van der Waals surface area contributed by atoms with Crippen LogP contribution in [0.25, 0.3) is 11.1 Å². The monoisotopic (exact) mass is 417 g/mol. The van der Waals surface area contributed by atoms with Crippen LogP contribution in [0, 0.1) is 0 Å². The number of hydrogen-bond donors (Lipinski definition) is 0. The minimum Gasteiger partial charge on any atom is -0.431 e. The number of sulfonamides is 1. The molecule has 0 saturated carbocycles. The number of amides is 2. The zero-order valence-electron chi connectivity index (χ0n) is 14.9. The van der Waals surface area contributed by atoms with Crippen LogP contribution in [0.3, 0.4) is 0 Å². The average Bonchev–Trinajstić information content (AvgIpc) is 3.19. The molecule has 0 fully saturated rings. The number of carbonyl (C=O) groups is 2. The molecule has 28 heavy (non-hydrogen) atoms. The Kier molecular flexibility index (Phi) is 4.48. The van der Waals surface area contributed by atoms with Crippen LogP contribution in [0.2, 0.25) is 0 Å². The maximum absolute atomic E-state index is 12.4. The highest BCUT2D eigenvalue weighted by atomic mass is 32.2. The summed E-state index contributed by atoms with van der Waals surface area (Å²) in [6.07, 6.45) is 0. The van der Waals surface area contributed by atoms with Crippen LogP contribution in [0.15, 0.2) is 57.0 Å². The fraction of sp³-hybridized carbons (Fsp3) is 0.167. The van der Waals surface area contributed by atoms with Crippen LogP contribution in [-0.2, 0) is 10.0 Å². The fourth-order valence-corrected chi connectivity index (χ4v) is 4.50. The Labute approximate surface area is 165 Å². The zero-order chi connectivity index (χ0) is 20.1. The van der Waals surface area contributed by atoms with E-state index in [1.54, 1.807) is 24.3 Å². The Morgan fingerprint density at radius 1 is 1.07 bits per heavy atom. The molecule has 0 bridgehead atoms. The number of carbonyl (C=O) groups excluding carboxylic acids is 2. The highest BCUT2D eigenvalue weighted by Crippen LogP contribution is 2.29. The number of aromatic nitrogens is 1. The third kappa shape index (κ3) is 2.99. The Balaban J connectivity index is 1.55. The number of nitrogens with zero attached hydrogens (tertiary/aromatic N) is 3. The number of imide groups is 1. The fourth-order valence-electron chi connectivity index (χ4n) is 2.80. The summed E-state index contributed by atoms with van der Waals surface area (Å²) < 4.78 is 31.2. The van der Waals surface area contributed by atoms with E-state index in [-0.39, 0.29) is 27.8 Å².